The highest BCUT2D eigenvalue weighted by Gasteiger charge is 2.70. The summed E-state index contributed by atoms with van der Waals surface area (Å²) < 4.78 is 10.6. The number of amides is 4. The van der Waals surface area contributed by atoms with Crippen molar-refractivity contribution in [1.29, 1.82) is 0 Å². The predicted molar refractivity (Wildman–Crippen MR) is 134 cm³/mol. The van der Waals surface area contributed by atoms with Gasteiger partial charge < -0.3 is 20.5 Å². The smallest absolute Gasteiger partial charge is 0.250 e. The molecule has 3 heterocycles. The molecule has 3 aliphatic rings. The average molecular weight is 527 g/mol. The van der Waals surface area contributed by atoms with Crippen molar-refractivity contribution in [1.82, 2.24) is 10.2 Å². The zero-order chi connectivity index (χ0) is 26.6. The predicted octanol–water partition coefficient (Wildman–Crippen LogP) is 1.50. The summed E-state index contributed by atoms with van der Waals surface area (Å²) in [6, 6.07) is 8.07. The Hall–Kier alpha value is -3.63. The van der Waals surface area contributed by atoms with Crippen LogP contribution in [0.1, 0.15) is 23.1 Å². The van der Waals surface area contributed by atoms with Gasteiger partial charge in [0.05, 0.1) is 36.8 Å². The van der Waals surface area contributed by atoms with Crippen LogP contribution in [0.25, 0.3) is 0 Å². The number of anilines is 1. The minimum Gasteiger partial charge on any atom is -0.493 e. The van der Waals surface area contributed by atoms with Crippen LogP contribution in [0.2, 0.25) is 5.02 Å². The summed E-state index contributed by atoms with van der Waals surface area (Å²) in [5.74, 6) is -2.92. The van der Waals surface area contributed by atoms with Gasteiger partial charge in [-0.05, 0) is 42.7 Å². The number of primary amides is 1. The number of fused-ring (bicyclic) bond motifs is 4. The number of likely N-dealkylation sites (tertiary alicyclic amines) is 1. The number of imide groups is 1. The van der Waals surface area contributed by atoms with E-state index in [-0.39, 0.29) is 13.0 Å². The van der Waals surface area contributed by atoms with E-state index in [0.717, 1.165) is 11.1 Å². The van der Waals surface area contributed by atoms with Gasteiger partial charge in [-0.2, -0.15) is 0 Å². The van der Waals surface area contributed by atoms with E-state index in [1.165, 1.54) is 19.1 Å². The molecule has 0 aromatic heterocycles. The minimum absolute atomic E-state index is 0.0998. The number of halogens is 1. The molecule has 194 valence electrons. The summed E-state index contributed by atoms with van der Waals surface area (Å²) >= 11 is 6.43. The quantitative estimate of drug-likeness (QED) is 0.464. The maximum Gasteiger partial charge on any atom is 0.250 e. The van der Waals surface area contributed by atoms with Gasteiger partial charge >= 0.3 is 0 Å². The number of carbonyl (C=O) groups is 4. The van der Waals surface area contributed by atoms with Gasteiger partial charge in [0.15, 0.2) is 11.5 Å². The van der Waals surface area contributed by atoms with Crippen LogP contribution in [0.3, 0.4) is 0 Å². The zero-order valence-corrected chi connectivity index (χ0v) is 21.3. The van der Waals surface area contributed by atoms with Gasteiger partial charge in [0.25, 0.3) is 0 Å². The zero-order valence-electron chi connectivity index (χ0n) is 20.6. The first-order valence-corrected chi connectivity index (χ1v) is 12.2. The Labute approximate surface area is 218 Å². The van der Waals surface area contributed by atoms with Crippen molar-refractivity contribution in [3.8, 4) is 11.5 Å². The van der Waals surface area contributed by atoms with Gasteiger partial charge in [-0.3, -0.25) is 29.4 Å². The van der Waals surface area contributed by atoms with Crippen LogP contribution in [0.4, 0.5) is 5.69 Å². The molecule has 0 saturated carbocycles. The summed E-state index contributed by atoms with van der Waals surface area (Å²) in [6.07, 6.45) is 0.166. The van der Waals surface area contributed by atoms with E-state index in [1.54, 1.807) is 24.3 Å². The molecule has 11 heteroatoms. The molecule has 4 N–H and O–H groups in total. The number of ether oxygens (including phenoxy) is 2. The highest BCUT2D eigenvalue weighted by Crippen LogP contribution is 2.54. The molecule has 1 spiro atoms. The van der Waals surface area contributed by atoms with Crippen LogP contribution < -0.4 is 25.8 Å². The first-order valence-electron chi connectivity index (χ1n) is 11.9. The van der Waals surface area contributed by atoms with Crippen LogP contribution in [-0.4, -0.2) is 55.3 Å². The molecule has 5 rings (SSSR count). The lowest BCUT2D eigenvalue weighted by Gasteiger charge is -2.29. The number of nitrogens with one attached hydrogen (secondary N) is 2. The molecular formula is C26H27ClN4O6. The SMILES string of the molecule is COc1ccc(CCN2C(=O)[C@H]3[C@@H](C2=O)[C@]2(N[C@@H]3CC(N)=O)C(=O)Nc3c(Cl)cc(C)cc32)cc1OC. The molecule has 3 aliphatic heterocycles. The number of carbonyl (C=O) groups excluding carboxylic acids is 4. The second kappa shape index (κ2) is 9.04. The number of benzene rings is 2. The lowest BCUT2D eigenvalue weighted by atomic mass is 9.76. The van der Waals surface area contributed by atoms with Gasteiger partial charge in [0, 0.05) is 24.6 Å². The standard InChI is InChI=1S/C26H27ClN4O6/c1-12-8-14-22(15(27)9-12)29-25(35)26(14)21-20(16(30-26)11-19(28)32)23(33)31(24(21)34)7-6-13-4-5-17(36-2)18(10-13)37-3/h4-5,8-10,16,20-21,30H,6-7,11H2,1-3H3,(H2,28,32)(H,29,35)/t16-,20-,21+,26+/m1/s1. The Bertz CT molecular complexity index is 1350. The van der Waals surface area contributed by atoms with Gasteiger partial charge in [-0.1, -0.05) is 23.7 Å². The molecular weight excluding hydrogens is 500 g/mol. The highest BCUT2D eigenvalue weighted by molar-refractivity contribution is 6.35. The lowest BCUT2D eigenvalue weighted by molar-refractivity contribution is -0.142. The third-order valence-corrected chi connectivity index (χ3v) is 7.80. The van der Waals surface area contributed by atoms with Crippen LogP contribution in [0, 0.1) is 18.8 Å². The molecule has 0 bridgehead atoms. The molecule has 2 saturated heterocycles. The van der Waals surface area contributed by atoms with Crippen LogP contribution >= 0.6 is 11.6 Å². The Balaban J connectivity index is 1.51. The van der Waals surface area contributed by atoms with Crippen LogP contribution in [0.5, 0.6) is 11.5 Å². The van der Waals surface area contributed by atoms with Crippen molar-refractivity contribution in [3.63, 3.8) is 0 Å². The Kier molecular flexibility index (Phi) is 6.12. The fourth-order valence-corrected chi connectivity index (χ4v) is 6.26. The third-order valence-electron chi connectivity index (χ3n) is 7.50. The van der Waals surface area contributed by atoms with E-state index in [4.69, 9.17) is 26.8 Å². The maximum absolute atomic E-state index is 13.9. The first-order chi connectivity index (χ1) is 17.6. The number of hydrogen-bond donors (Lipinski definition) is 3. The second-order valence-electron chi connectivity index (χ2n) is 9.62. The monoisotopic (exact) mass is 526 g/mol. The van der Waals surface area contributed by atoms with E-state index in [2.05, 4.69) is 10.6 Å². The summed E-state index contributed by atoms with van der Waals surface area (Å²) in [7, 11) is 3.07. The second-order valence-corrected chi connectivity index (χ2v) is 10.0. The van der Waals surface area contributed by atoms with Crippen molar-refractivity contribution in [2.24, 2.45) is 17.6 Å². The average Bonchev–Trinajstić information content (AvgIpc) is 3.42. The van der Waals surface area contributed by atoms with Gasteiger partial charge in [0.2, 0.25) is 23.6 Å². The molecule has 2 aromatic rings. The van der Waals surface area contributed by atoms with Gasteiger partial charge in [-0.25, -0.2) is 0 Å². The topological polar surface area (TPSA) is 140 Å². The summed E-state index contributed by atoms with van der Waals surface area (Å²) in [4.78, 5) is 54.1. The molecule has 2 aromatic carbocycles. The van der Waals surface area contributed by atoms with E-state index < -0.39 is 47.0 Å². The summed E-state index contributed by atoms with van der Waals surface area (Å²) in [6.45, 7) is 1.93. The largest absolute Gasteiger partial charge is 0.493 e. The van der Waals surface area contributed by atoms with Crippen LogP contribution in [-0.2, 0) is 31.1 Å². The Morgan fingerprint density at radius 1 is 1.11 bits per heavy atom. The number of aryl methyl sites for hydroxylation is 1. The van der Waals surface area contributed by atoms with E-state index in [9.17, 15) is 19.2 Å². The fraction of sp³-hybridized carbons (Fsp3) is 0.385. The lowest BCUT2D eigenvalue weighted by Crippen LogP contribution is -2.53. The highest BCUT2D eigenvalue weighted by atomic mass is 35.5. The van der Waals surface area contributed by atoms with E-state index >= 15 is 0 Å². The summed E-state index contributed by atoms with van der Waals surface area (Å²) in [5, 5.41) is 6.29. The number of rotatable bonds is 7. The van der Waals surface area contributed by atoms with Crippen molar-refractivity contribution in [3.05, 3.63) is 52.0 Å². The molecule has 4 atom stereocenters. The van der Waals surface area contributed by atoms with Crippen LogP contribution in [0.15, 0.2) is 30.3 Å². The first kappa shape index (κ1) is 25.0. The van der Waals surface area contributed by atoms with Crippen molar-refractivity contribution in [2.75, 3.05) is 26.1 Å². The van der Waals surface area contributed by atoms with E-state index in [0.29, 0.717) is 34.2 Å². The molecule has 37 heavy (non-hydrogen) atoms. The normalized spacial score (nSPS) is 25.9. The molecule has 4 amide bonds. The van der Waals surface area contributed by atoms with Crippen molar-refractivity contribution in [2.45, 2.75) is 31.3 Å². The fourth-order valence-electron chi connectivity index (χ4n) is 5.94. The molecule has 0 unspecified atom stereocenters. The van der Waals surface area contributed by atoms with E-state index in [1.807, 2.05) is 13.0 Å². The number of hydrogen-bond acceptors (Lipinski definition) is 7. The van der Waals surface area contributed by atoms with Crippen molar-refractivity contribution < 1.29 is 28.7 Å². The van der Waals surface area contributed by atoms with Gasteiger partial charge in [0.1, 0.15) is 5.54 Å². The number of nitrogens with two attached hydrogens (primary N) is 1. The van der Waals surface area contributed by atoms with Gasteiger partial charge in [-0.15, -0.1) is 0 Å². The Morgan fingerprint density at radius 3 is 2.51 bits per heavy atom. The molecule has 0 aliphatic carbocycles. The molecule has 0 radical (unpaired) electrons. The van der Waals surface area contributed by atoms with Crippen molar-refractivity contribution >= 4 is 40.9 Å². The Morgan fingerprint density at radius 2 is 1.84 bits per heavy atom. The third kappa shape index (κ3) is 3.74. The molecule has 10 nitrogen and oxygen atoms in total. The number of methoxy groups -OCH3 is 2. The number of nitrogens with zero attached hydrogens (tertiary/aromatic N) is 1. The minimum atomic E-state index is -1.54. The molecule has 2 fully saturated rings. The maximum atomic E-state index is 13.9. The summed E-state index contributed by atoms with van der Waals surface area (Å²) in [5.41, 5.74) is 6.46.